The van der Waals surface area contributed by atoms with E-state index >= 15 is 0 Å². The molecule has 0 aliphatic carbocycles. The molecular formula is C13H20F3N3. The Morgan fingerprint density at radius 2 is 1.74 bits per heavy atom. The summed E-state index contributed by atoms with van der Waals surface area (Å²) in [7, 11) is 1.57. The molecule has 0 saturated heterocycles. The van der Waals surface area contributed by atoms with Crippen LogP contribution in [0.25, 0.3) is 0 Å². The van der Waals surface area contributed by atoms with Gasteiger partial charge in [0.2, 0.25) is 0 Å². The van der Waals surface area contributed by atoms with Crippen LogP contribution in [0.1, 0.15) is 32.3 Å². The number of hydrogen-bond acceptors (Lipinski definition) is 3. The molecule has 19 heavy (non-hydrogen) atoms. The molecule has 108 valence electrons. The molecule has 1 heterocycles. The fourth-order valence-electron chi connectivity index (χ4n) is 1.85. The SMILES string of the molecule is CCCN(CCC)c1cc(C(F)(F)F)cc(NC)n1. The number of aromatic nitrogens is 1. The van der Waals surface area contributed by atoms with Crippen LogP contribution in [0.15, 0.2) is 12.1 Å². The highest BCUT2D eigenvalue weighted by Crippen LogP contribution is 2.32. The third kappa shape index (κ3) is 4.29. The van der Waals surface area contributed by atoms with Crippen LogP contribution in [-0.4, -0.2) is 25.1 Å². The number of rotatable bonds is 6. The Bertz CT molecular complexity index is 399. The van der Waals surface area contributed by atoms with Crippen molar-refractivity contribution in [1.29, 1.82) is 0 Å². The van der Waals surface area contributed by atoms with Crippen LogP contribution in [0.4, 0.5) is 24.8 Å². The van der Waals surface area contributed by atoms with E-state index in [1.165, 1.54) is 0 Å². The van der Waals surface area contributed by atoms with E-state index < -0.39 is 11.7 Å². The molecule has 0 aliphatic rings. The zero-order valence-corrected chi connectivity index (χ0v) is 11.5. The second kappa shape index (κ2) is 6.63. The first kappa shape index (κ1) is 15.6. The summed E-state index contributed by atoms with van der Waals surface area (Å²) in [5, 5.41) is 2.68. The highest BCUT2D eigenvalue weighted by atomic mass is 19.4. The summed E-state index contributed by atoms with van der Waals surface area (Å²) in [5.41, 5.74) is -0.668. The van der Waals surface area contributed by atoms with Gasteiger partial charge in [0, 0.05) is 20.1 Å². The lowest BCUT2D eigenvalue weighted by Crippen LogP contribution is -2.26. The fourth-order valence-corrected chi connectivity index (χ4v) is 1.85. The Labute approximate surface area is 111 Å². The van der Waals surface area contributed by atoms with Gasteiger partial charge in [-0.15, -0.1) is 0 Å². The van der Waals surface area contributed by atoms with Crippen molar-refractivity contribution in [3.05, 3.63) is 17.7 Å². The number of anilines is 2. The monoisotopic (exact) mass is 275 g/mol. The molecule has 0 atom stereocenters. The highest BCUT2D eigenvalue weighted by Gasteiger charge is 2.32. The Kier molecular flexibility index (Phi) is 5.44. The lowest BCUT2D eigenvalue weighted by atomic mass is 10.2. The van der Waals surface area contributed by atoms with Crippen LogP contribution >= 0.6 is 0 Å². The summed E-state index contributed by atoms with van der Waals surface area (Å²) in [6.07, 6.45) is -2.62. The largest absolute Gasteiger partial charge is 0.416 e. The lowest BCUT2D eigenvalue weighted by Gasteiger charge is -2.24. The first-order chi connectivity index (χ1) is 8.92. The number of nitrogens with one attached hydrogen (secondary N) is 1. The molecular weight excluding hydrogens is 255 g/mol. The first-order valence-corrected chi connectivity index (χ1v) is 6.44. The van der Waals surface area contributed by atoms with Crippen molar-refractivity contribution in [3.8, 4) is 0 Å². The summed E-state index contributed by atoms with van der Waals surface area (Å²) < 4.78 is 38.5. The third-order valence-electron chi connectivity index (χ3n) is 2.71. The topological polar surface area (TPSA) is 28.2 Å². The van der Waals surface area contributed by atoms with Crippen molar-refractivity contribution in [2.75, 3.05) is 30.4 Å². The van der Waals surface area contributed by atoms with E-state index in [0.29, 0.717) is 18.9 Å². The lowest BCUT2D eigenvalue weighted by molar-refractivity contribution is -0.137. The van der Waals surface area contributed by atoms with Gasteiger partial charge < -0.3 is 10.2 Å². The maximum atomic E-state index is 12.8. The Morgan fingerprint density at radius 3 is 2.16 bits per heavy atom. The van der Waals surface area contributed by atoms with E-state index in [0.717, 1.165) is 25.0 Å². The maximum Gasteiger partial charge on any atom is 0.416 e. The van der Waals surface area contributed by atoms with Gasteiger partial charge in [0.1, 0.15) is 11.6 Å². The molecule has 1 N–H and O–H groups in total. The van der Waals surface area contributed by atoms with Crippen molar-refractivity contribution in [1.82, 2.24) is 4.98 Å². The van der Waals surface area contributed by atoms with Gasteiger partial charge in [0.25, 0.3) is 0 Å². The first-order valence-electron chi connectivity index (χ1n) is 6.44. The van der Waals surface area contributed by atoms with E-state index in [1.807, 2.05) is 18.7 Å². The van der Waals surface area contributed by atoms with Gasteiger partial charge in [-0.05, 0) is 25.0 Å². The number of halogens is 3. The molecule has 0 amide bonds. The molecule has 1 aromatic rings. The molecule has 0 aliphatic heterocycles. The van der Waals surface area contributed by atoms with Crippen molar-refractivity contribution in [3.63, 3.8) is 0 Å². The van der Waals surface area contributed by atoms with Gasteiger partial charge in [-0.2, -0.15) is 13.2 Å². The second-order valence-electron chi connectivity index (χ2n) is 4.33. The summed E-state index contributed by atoms with van der Waals surface area (Å²) in [6.45, 7) is 5.39. The minimum absolute atomic E-state index is 0.238. The molecule has 1 rings (SSSR count). The summed E-state index contributed by atoms with van der Waals surface area (Å²) in [6, 6.07) is 2.14. The average Bonchev–Trinajstić information content (AvgIpc) is 2.37. The number of hydrogen-bond donors (Lipinski definition) is 1. The van der Waals surface area contributed by atoms with Gasteiger partial charge in [-0.3, -0.25) is 0 Å². The van der Waals surface area contributed by atoms with E-state index in [4.69, 9.17) is 0 Å². The summed E-state index contributed by atoms with van der Waals surface area (Å²) >= 11 is 0. The quantitative estimate of drug-likeness (QED) is 0.856. The van der Waals surface area contributed by atoms with Crippen LogP contribution in [0, 0.1) is 0 Å². The maximum absolute atomic E-state index is 12.8. The Hall–Kier alpha value is -1.46. The van der Waals surface area contributed by atoms with Crippen molar-refractivity contribution in [2.24, 2.45) is 0 Å². The minimum atomic E-state index is -4.35. The molecule has 0 fully saturated rings. The zero-order valence-electron chi connectivity index (χ0n) is 11.5. The van der Waals surface area contributed by atoms with Crippen LogP contribution in [0.2, 0.25) is 0 Å². The number of alkyl halides is 3. The van der Waals surface area contributed by atoms with Crippen LogP contribution < -0.4 is 10.2 Å². The third-order valence-corrected chi connectivity index (χ3v) is 2.71. The molecule has 0 saturated carbocycles. The molecule has 1 aromatic heterocycles. The Morgan fingerprint density at radius 1 is 1.16 bits per heavy atom. The average molecular weight is 275 g/mol. The molecule has 3 nitrogen and oxygen atoms in total. The van der Waals surface area contributed by atoms with E-state index in [9.17, 15) is 13.2 Å². The van der Waals surface area contributed by atoms with E-state index in [2.05, 4.69) is 10.3 Å². The Balaban J connectivity index is 3.17. The fraction of sp³-hybridized carbons (Fsp3) is 0.615. The normalized spacial score (nSPS) is 11.5. The molecule has 0 bridgehead atoms. The number of pyridine rings is 1. The molecule has 6 heteroatoms. The van der Waals surface area contributed by atoms with Gasteiger partial charge in [0.15, 0.2) is 0 Å². The minimum Gasteiger partial charge on any atom is -0.373 e. The predicted molar refractivity (Wildman–Crippen MR) is 71.6 cm³/mol. The van der Waals surface area contributed by atoms with Crippen molar-refractivity contribution >= 4 is 11.6 Å². The van der Waals surface area contributed by atoms with Crippen molar-refractivity contribution < 1.29 is 13.2 Å². The van der Waals surface area contributed by atoms with Gasteiger partial charge >= 0.3 is 6.18 Å². The standard InChI is InChI=1S/C13H20F3N3/c1-4-6-19(7-5-2)12-9-10(13(14,15)16)8-11(17-3)18-12/h8-9H,4-7H2,1-3H3,(H,17,18). The molecule has 0 aromatic carbocycles. The molecule has 0 radical (unpaired) electrons. The predicted octanol–water partition coefficient (Wildman–Crippen LogP) is 3.77. The van der Waals surface area contributed by atoms with Crippen LogP contribution in [0.5, 0.6) is 0 Å². The summed E-state index contributed by atoms with van der Waals surface area (Å²) in [4.78, 5) is 6.10. The van der Waals surface area contributed by atoms with Crippen LogP contribution in [0.3, 0.4) is 0 Å². The van der Waals surface area contributed by atoms with Crippen LogP contribution in [-0.2, 0) is 6.18 Å². The highest BCUT2D eigenvalue weighted by molar-refractivity contribution is 5.51. The summed E-state index contributed by atoms with van der Waals surface area (Å²) in [5.74, 6) is 0.616. The van der Waals surface area contributed by atoms with Gasteiger partial charge in [-0.1, -0.05) is 13.8 Å². The molecule has 0 spiro atoms. The number of nitrogens with zero attached hydrogens (tertiary/aromatic N) is 2. The smallest absolute Gasteiger partial charge is 0.373 e. The second-order valence-corrected chi connectivity index (χ2v) is 4.33. The van der Waals surface area contributed by atoms with E-state index in [1.54, 1.807) is 7.05 Å². The molecule has 0 unspecified atom stereocenters. The van der Waals surface area contributed by atoms with E-state index in [-0.39, 0.29) is 5.82 Å². The van der Waals surface area contributed by atoms with Gasteiger partial charge in [-0.25, -0.2) is 4.98 Å². The van der Waals surface area contributed by atoms with Crippen molar-refractivity contribution in [2.45, 2.75) is 32.9 Å². The van der Waals surface area contributed by atoms with Gasteiger partial charge in [0.05, 0.1) is 5.56 Å². The zero-order chi connectivity index (χ0) is 14.5.